The molecule has 1 unspecified atom stereocenters. The van der Waals surface area contributed by atoms with Crippen molar-refractivity contribution >= 4 is 18.0 Å². The maximum atomic E-state index is 10.3. The maximum absolute atomic E-state index is 10.3. The molecule has 0 heterocycles. The van der Waals surface area contributed by atoms with Crippen LogP contribution in [0.2, 0.25) is 0 Å². The number of primary amides is 1. The molecule has 3 nitrogen and oxygen atoms in total. The predicted octanol–water partition coefficient (Wildman–Crippen LogP) is 2.27. The van der Waals surface area contributed by atoms with Crippen molar-refractivity contribution in [3.63, 3.8) is 0 Å². The summed E-state index contributed by atoms with van der Waals surface area (Å²) in [4.78, 5) is 10.3. The van der Waals surface area contributed by atoms with Gasteiger partial charge in [0.15, 0.2) is 0 Å². The van der Waals surface area contributed by atoms with Crippen molar-refractivity contribution in [3.8, 4) is 0 Å². The number of nitrogens with two attached hydrogens (primary N) is 1. The Labute approximate surface area is 78.6 Å². The van der Waals surface area contributed by atoms with E-state index < -0.39 is 6.03 Å². The van der Waals surface area contributed by atoms with Gasteiger partial charge in [0.05, 0.1) is 0 Å². The van der Waals surface area contributed by atoms with Crippen molar-refractivity contribution < 1.29 is 4.79 Å². The molecule has 0 saturated heterocycles. The Morgan fingerprint density at radius 3 is 2.75 bits per heavy atom. The number of rotatable bonds is 6. The quantitative estimate of drug-likeness (QED) is 0.498. The molecule has 4 heteroatoms. The first kappa shape index (κ1) is 11.6. The largest absolute Gasteiger partial charge is 0.351 e. The Kier molecular flexibility index (Phi) is 7.05. The number of nitrogens with one attached hydrogen (secondary N) is 1. The highest BCUT2D eigenvalue weighted by Gasteiger charge is 2.02. The number of unbranched alkanes of at least 4 members (excludes halogenated alkanes) is 2. The van der Waals surface area contributed by atoms with Gasteiger partial charge in [0.1, 0.15) is 0 Å². The number of urea groups is 1. The molecular weight excluding hydrogens is 172 g/mol. The second-order valence-corrected chi connectivity index (χ2v) is 4.14. The van der Waals surface area contributed by atoms with E-state index in [1.165, 1.54) is 31.2 Å². The van der Waals surface area contributed by atoms with Crippen LogP contribution in [0.15, 0.2) is 0 Å². The highest BCUT2D eigenvalue weighted by molar-refractivity contribution is 7.98. The van der Waals surface area contributed by atoms with E-state index in [1.54, 1.807) is 0 Å². The molecule has 12 heavy (non-hydrogen) atoms. The normalized spacial score (nSPS) is 12.5. The minimum atomic E-state index is -0.456. The highest BCUT2D eigenvalue weighted by Crippen LogP contribution is 2.13. The van der Waals surface area contributed by atoms with Crippen molar-refractivity contribution in [2.45, 2.75) is 44.8 Å². The molecule has 0 rings (SSSR count). The number of hydrogen-bond acceptors (Lipinski definition) is 2. The first-order valence-corrected chi connectivity index (χ1v) is 5.25. The minimum absolute atomic E-state index is 0.456. The minimum Gasteiger partial charge on any atom is -0.351 e. The molecule has 0 aliphatic heterocycles. The maximum Gasteiger partial charge on any atom is 0.322 e. The van der Waals surface area contributed by atoms with E-state index in [1.807, 2.05) is 0 Å². The summed E-state index contributed by atoms with van der Waals surface area (Å²) in [5.41, 5.74) is 4.92. The lowest BCUT2D eigenvalue weighted by atomic mass is 10.2. The third kappa shape index (κ3) is 7.72. The van der Waals surface area contributed by atoms with Crippen molar-refractivity contribution in [1.29, 1.82) is 0 Å². The summed E-state index contributed by atoms with van der Waals surface area (Å²) in [5.74, 6) is 0. The molecule has 0 spiro atoms. The fourth-order valence-electron chi connectivity index (χ4n) is 0.899. The van der Waals surface area contributed by atoms with E-state index in [-0.39, 0.29) is 0 Å². The summed E-state index contributed by atoms with van der Waals surface area (Å²) in [7, 11) is 0. The van der Waals surface area contributed by atoms with Gasteiger partial charge < -0.3 is 5.73 Å². The molecule has 0 aliphatic rings. The summed E-state index contributed by atoms with van der Waals surface area (Å²) < 4.78 is 2.53. The number of carbonyl (C=O) groups excluding carboxylic acids is 1. The smallest absolute Gasteiger partial charge is 0.322 e. The monoisotopic (exact) mass is 190 g/mol. The van der Waals surface area contributed by atoms with Crippen LogP contribution >= 0.6 is 11.9 Å². The van der Waals surface area contributed by atoms with Crippen molar-refractivity contribution in [1.82, 2.24) is 4.72 Å². The van der Waals surface area contributed by atoms with Gasteiger partial charge in [-0.2, -0.15) is 0 Å². The van der Waals surface area contributed by atoms with Crippen LogP contribution in [0.4, 0.5) is 4.79 Å². The SMILES string of the molecule is CCCCCC(C)SNC(N)=O. The second-order valence-electron chi connectivity index (χ2n) is 2.89. The van der Waals surface area contributed by atoms with E-state index in [4.69, 9.17) is 5.73 Å². The van der Waals surface area contributed by atoms with E-state index >= 15 is 0 Å². The van der Waals surface area contributed by atoms with Gasteiger partial charge >= 0.3 is 6.03 Å². The van der Waals surface area contributed by atoms with Gasteiger partial charge in [-0.15, -0.1) is 0 Å². The molecule has 72 valence electrons. The molecule has 3 N–H and O–H groups in total. The average Bonchev–Trinajstić information content (AvgIpc) is 2.01. The number of carbonyl (C=O) groups is 1. The average molecular weight is 190 g/mol. The fourth-order valence-corrected chi connectivity index (χ4v) is 1.50. The first-order chi connectivity index (χ1) is 5.66. The molecule has 2 amide bonds. The Morgan fingerprint density at radius 1 is 1.58 bits per heavy atom. The Bertz CT molecular complexity index is 130. The molecule has 0 aromatic rings. The third-order valence-electron chi connectivity index (χ3n) is 1.57. The number of amides is 2. The zero-order valence-electron chi connectivity index (χ0n) is 7.80. The van der Waals surface area contributed by atoms with E-state index in [2.05, 4.69) is 18.6 Å². The van der Waals surface area contributed by atoms with Gasteiger partial charge in [0, 0.05) is 5.25 Å². The molecule has 0 saturated carbocycles. The van der Waals surface area contributed by atoms with Crippen LogP contribution in [0.25, 0.3) is 0 Å². The lowest BCUT2D eigenvalue weighted by molar-refractivity contribution is 0.254. The molecule has 0 bridgehead atoms. The summed E-state index contributed by atoms with van der Waals surface area (Å²) in [6, 6.07) is -0.456. The van der Waals surface area contributed by atoms with Gasteiger partial charge in [0.25, 0.3) is 0 Å². The highest BCUT2D eigenvalue weighted by atomic mass is 32.2. The molecule has 0 fully saturated rings. The van der Waals surface area contributed by atoms with Gasteiger partial charge in [-0.1, -0.05) is 33.1 Å². The van der Waals surface area contributed by atoms with Gasteiger partial charge in [-0.05, 0) is 18.4 Å². The fraction of sp³-hybridized carbons (Fsp3) is 0.875. The number of hydrogen-bond donors (Lipinski definition) is 2. The first-order valence-electron chi connectivity index (χ1n) is 4.38. The Hall–Kier alpha value is -0.380. The molecule has 0 aromatic heterocycles. The predicted molar refractivity (Wildman–Crippen MR) is 53.9 cm³/mol. The summed E-state index contributed by atoms with van der Waals surface area (Å²) in [6.45, 7) is 4.27. The topological polar surface area (TPSA) is 55.1 Å². The summed E-state index contributed by atoms with van der Waals surface area (Å²) >= 11 is 1.41. The Balaban J connectivity index is 3.21. The van der Waals surface area contributed by atoms with Gasteiger partial charge in [-0.25, -0.2) is 4.79 Å². The summed E-state index contributed by atoms with van der Waals surface area (Å²) in [6.07, 6.45) is 4.87. The zero-order chi connectivity index (χ0) is 9.40. The van der Waals surface area contributed by atoms with Crippen LogP contribution in [-0.2, 0) is 0 Å². The van der Waals surface area contributed by atoms with Crippen molar-refractivity contribution in [2.75, 3.05) is 0 Å². The van der Waals surface area contributed by atoms with Crippen LogP contribution in [0, 0.1) is 0 Å². The van der Waals surface area contributed by atoms with Crippen LogP contribution in [0.1, 0.15) is 39.5 Å². The van der Waals surface area contributed by atoms with E-state index in [0.717, 1.165) is 6.42 Å². The van der Waals surface area contributed by atoms with Crippen molar-refractivity contribution in [2.24, 2.45) is 5.73 Å². The van der Waals surface area contributed by atoms with Crippen LogP contribution in [-0.4, -0.2) is 11.3 Å². The zero-order valence-corrected chi connectivity index (χ0v) is 8.62. The van der Waals surface area contributed by atoms with Gasteiger partial charge in [0.2, 0.25) is 0 Å². The lowest BCUT2D eigenvalue weighted by Gasteiger charge is -2.09. The Morgan fingerprint density at radius 2 is 2.25 bits per heavy atom. The molecular formula is C8H18N2OS. The van der Waals surface area contributed by atoms with E-state index in [0.29, 0.717) is 5.25 Å². The second kappa shape index (κ2) is 7.28. The lowest BCUT2D eigenvalue weighted by Crippen LogP contribution is -2.25. The molecule has 0 aliphatic carbocycles. The van der Waals surface area contributed by atoms with Crippen LogP contribution < -0.4 is 10.5 Å². The van der Waals surface area contributed by atoms with Crippen molar-refractivity contribution in [3.05, 3.63) is 0 Å². The van der Waals surface area contributed by atoms with Crippen LogP contribution in [0.3, 0.4) is 0 Å². The summed E-state index contributed by atoms with van der Waals surface area (Å²) in [5, 5.41) is 0.462. The molecule has 0 aromatic carbocycles. The van der Waals surface area contributed by atoms with E-state index in [9.17, 15) is 4.79 Å². The van der Waals surface area contributed by atoms with Crippen LogP contribution in [0.5, 0.6) is 0 Å². The third-order valence-corrected chi connectivity index (χ3v) is 2.53. The van der Waals surface area contributed by atoms with Gasteiger partial charge in [-0.3, -0.25) is 4.72 Å². The molecule has 1 atom stereocenters. The standard InChI is InChI=1S/C8H18N2OS/c1-3-4-5-6-7(2)12-10-8(9)11/h7H,3-6H2,1-2H3,(H3,9,10,11). The molecule has 0 radical (unpaired) electrons.